The van der Waals surface area contributed by atoms with Crippen LogP contribution in [0.4, 0.5) is 4.79 Å². The molecule has 0 heterocycles. The van der Waals surface area contributed by atoms with Crippen molar-refractivity contribution in [1.29, 1.82) is 0 Å². The van der Waals surface area contributed by atoms with Crippen molar-refractivity contribution < 1.29 is 28.5 Å². The fourth-order valence-electron chi connectivity index (χ4n) is 2.99. The minimum Gasteiger partial charge on any atom is -0.421 e. The van der Waals surface area contributed by atoms with Crippen LogP contribution in [-0.4, -0.2) is 43.9 Å². The molecule has 0 saturated heterocycles. The summed E-state index contributed by atoms with van der Waals surface area (Å²) in [5.41, 5.74) is 0. The first-order valence-electron chi connectivity index (χ1n) is 9.75. The fraction of sp³-hybridized carbons (Fsp3) is 0.895. The summed E-state index contributed by atoms with van der Waals surface area (Å²) >= 11 is 0. The van der Waals surface area contributed by atoms with Gasteiger partial charge in [-0.1, -0.05) is 33.1 Å². The summed E-state index contributed by atoms with van der Waals surface area (Å²) in [6.45, 7) is 9.83. The highest BCUT2D eigenvalue weighted by Crippen LogP contribution is 2.23. The maximum Gasteiger partial charge on any atom is 0.410 e. The van der Waals surface area contributed by atoms with Gasteiger partial charge in [0.1, 0.15) is 0 Å². The van der Waals surface area contributed by atoms with Crippen LogP contribution in [0.3, 0.4) is 0 Å². The number of alkyl carbamates (subject to hydrolysis) is 1. The zero-order valence-electron chi connectivity index (χ0n) is 16.8. The highest BCUT2D eigenvalue weighted by atomic mass is 16.8. The Kier molecular flexibility index (Phi) is 9.94. The van der Waals surface area contributed by atoms with Gasteiger partial charge in [-0.2, -0.15) is 0 Å². The SMILES string of the molecule is CCOC(C)(OCC)C(=O)OC(OC(=O)NCC1CCCCC1)C(C)C. The van der Waals surface area contributed by atoms with E-state index in [9.17, 15) is 9.59 Å². The number of hydrogen-bond acceptors (Lipinski definition) is 6. The van der Waals surface area contributed by atoms with Gasteiger partial charge in [-0.05, 0) is 32.6 Å². The lowest BCUT2D eigenvalue weighted by molar-refractivity contribution is -0.253. The van der Waals surface area contributed by atoms with Gasteiger partial charge in [0, 0.05) is 32.6 Å². The van der Waals surface area contributed by atoms with Crippen LogP contribution in [0.1, 0.15) is 66.7 Å². The Balaban J connectivity index is 2.55. The average molecular weight is 373 g/mol. The summed E-state index contributed by atoms with van der Waals surface area (Å²) in [7, 11) is 0. The van der Waals surface area contributed by atoms with Crippen molar-refractivity contribution in [2.45, 2.75) is 78.8 Å². The minimum atomic E-state index is -1.52. The lowest BCUT2D eigenvalue weighted by atomic mass is 9.89. The van der Waals surface area contributed by atoms with Crippen LogP contribution < -0.4 is 5.32 Å². The Morgan fingerprint density at radius 2 is 1.62 bits per heavy atom. The van der Waals surface area contributed by atoms with Crippen LogP contribution in [0, 0.1) is 11.8 Å². The molecule has 152 valence electrons. The van der Waals surface area contributed by atoms with Crippen LogP contribution >= 0.6 is 0 Å². The number of nitrogens with one attached hydrogen (secondary N) is 1. The fourth-order valence-corrected chi connectivity index (χ4v) is 2.99. The van der Waals surface area contributed by atoms with Crippen molar-refractivity contribution in [1.82, 2.24) is 5.32 Å². The molecule has 0 aromatic carbocycles. The molecule has 1 aliphatic carbocycles. The van der Waals surface area contributed by atoms with Crippen LogP contribution in [0.5, 0.6) is 0 Å². The van der Waals surface area contributed by atoms with Gasteiger partial charge in [0.05, 0.1) is 0 Å². The van der Waals surface area contributed by atoms with Crippen LogP contribution in [0.2, 0.25) is 0 Å². The molecule has 0 spiro atoms. The number of rotatable bonds is 10. The Morgan fingerprint density at radius 3 is 2.12 bits per heavy atom. The van der Waals surface area contributed by atoms with E-state index in [1.165, 1.54) is 26.2 Å². The molecule has 1 rings (SSSR count). The van der Waals surface area contributed by atoms with E-state index in [0.29, 0.717) is 25.7 Å². The van der Waals surface area contributed by atoms with Crippen LogP contribution in [-0.2, 0) is 23.7 Å². The second kappa shape index (κ2) is 11.4. The molecule has 1 aliphatic rings. The largest absolute Gasteiger partial charge is 0.421 e. The van der Waals surface area contributed by atoms with Gasteiger partial charge >= 0.3 is 12.1 Å². The number of hydrogen-bond donors (Lipinski definition) is 1. The molecule has 0 aliphatic heterocycles. The summed E-state index contributed by atoms with van der Waals surface area (Å²) in [5, 5.41) is 2.79. The number of carbonyl (C=O) groups is 2. The van der Waals surface area contributed by atoms with Crippen LogP contribution in [0.15, 0.2) is 0 Å². The highest BCUT2D eigenvalue weighted by molar-refractivity contribution is 5.77. The maximum absolute atomic E-state index is 12.5. The van der Waals surface area contributed by atoms with E-state index in [0.717, 1.165) is 12.8 Å². The molecule has 0 radical (unpaired) electrons. The van der Waals surface area contributed by atoms with Gasteiger partial charge in [0.25, 0.3) is 12.1 Å². The third-order valence-electron chi connectivity index (χ3n) is 4.46. The van der Waals surface area contributed by atoms with Crippen molar-refractivity contribution in [2.75, 3.05) is 19.8 Å². The normalized spacial score (nSPS) is 17.0. The lowest BCUT2D eigenvalue weighted by Crippen LogP contribution is -2.46. The molecule has 1 atom stereocenters. The molecule has 7 heteroatoms. The Morgan fingerprint density at radius 1 is 1.04 bits per heavy atom. The second-order valence-corrected chi connectivity index (χ2v) is 7.12. The topological polar surface area (TPSA) is 83.1 Å². The van der Waals surface area contributed by atoms with Gasteiger partial charge in [-0.3, -0.25) is 0 Å². The molecule has 26 heavy (non-hydrogen) atoms. The molecule has 1 fully saturated rings. The third-order valence-corrected chi connectivity index (χ3v) is 4.46. The van der Waals surface area contributed by atoms with Crippen molar-refractivity contribution in [3.05, 3.63) is 0 Å². The van der Waals surface area contributed by atoms with Gasteiger partial charge in [0.15, 0.2) is 0 Å². The summed E-state index contributed by atoms with van der Waals surface area (Å²) in [6.07, 6.45) is 4.37. The summed E-state index contributed by atoms with van der Waals surface area (Å²) < 4.78 is 21.5. The molecule has 0 aromatic rings. The predicted octanol–water partition coefficient (Wildman–Crippen LogP) is 3.61. The lowest BCUT2D eigenvalue weighted by Gasteiger charge is -2.30. The molecule has 1 saturated carbocycles. The van der Waals surface area contributed by atoms with E-state index in [4.69, 9.17) is 18.9 Å². The van der Waals surface area contributed by atoms with E-state index < -0.39 is 24.1 Å². The molecule has 1 unspecified atom stereocenters. The Hall–Kier alpha value is -1.34. The second-order valence-electron chi connectivity index (χ2n) is 7.12. The standard InChI is InChI=1S/C19H35NO6/c1-6-23-19(5,24-7-2)17(21)25-16(14(3)4)26-18(22)20-13-15-11-9-8-10-12-15/h14-16H,6-13H2,1-5H3,(H,20,22). The summed E-state index contributed by atoms with van der Waals surface area (Å²) in [4.78, 5) is 24.6. The molecule has 7 nitrogen and oxygen atoms in total. The van der Waals surface area contributed by atoms with Crippen molar-refractivity contribution in [2.24, 2.45) is 11.8 Å². The Bertz CT molecular complexity index is 428. The Labute approximate surface area is 157 Å². The first kappa shape index (κ1) is 22.7. The first-order chi connectivity index (χ1) is 12.3. The molecular weight excluding hydrogens is 338 g/mol. The van der Waals surface area contributed by atoms with Gasteiger partial charge in [0.2, 0.25) is 0 Å². The maximum atomic E-state index is 12.5. The summed E-state index contributed by atoms with van der Waals surface area (Å²) in [6, 6.07) is 0. The molecule has 1 N–H and O–H groups in total. The quantitative estimate of drug-likeness (QED) is 0.465. The van der Waals surface area contributed by atoms with E-state index in [1.807, 2.05) is 13.8 Å². The van der Waals surface area contributed by atoms with Gasteiger partial charge in [-0.15, -0.1) is 0 Å². The average Bonchev–Trinajstić information content (AvgIpc) is 2.60. The van der Waals surface area contributed by atoms with Crippen LogP contribution in [0.25, 0.3) is 0 Å². The number of ether oxygens (including phenoxy) is 4. The first-order valence-corrected chi connectivity index (χ1v) is 9.75. The number of esters is 1. The van der Waals surface area contributed by atoms with E-state index >= 15 is 0 Å². The van der Waals surface area contributed by atoms with Crippen molar-refractivity contribution in [3.8, 4) is 0 Å². The third kappa shape index (κ3) is 7.50. The number of carbonyl (C=O) groups excluding carboxylic acids is 2. The summed E-state index contributed by atoms with van der Waals surface area (Å²) in [5.74, 6) is -1.93. The van der Waals surface area contributed by atoms with Crippen molar-refractivity contribution >= 4 is 12.1 Å². The predicted molar refractivity (Wildman–Crippen MR) is 97.4 cm³/mol. The molecule has 0 bridgehead atoms. The number of amides is 1. The minimum absolute atomic E-state index is 0.202. The molecule has 1 amide bonds. The van der Waals surface area contributed by atoms with E-state index in [-0.39, 0.29) is 5.92 Å². The van der Waals surface area contributed by atoms with Gasteiger partial charge < -0.3 is 24.3 Å². The zero-order valence-corrected chi connectivity index (χ0v) is 16.8. The molecule has 0 aromatic heterocycles. The highest BCUT2D eigenvalue weighted by Gasteiger charge is 2.39. The molecular formula is C19H35NO6. The van der Waals surface area contributed by atoms with Gasteiger partial charge in [-0.25, -0.2) is 9.59 Å². The van der Waals surface area contributed by atoms with Crippen molar-refractivity contribution in [3.63, 3.8) is 0 Å². The van der Waals surface area contributed by atoms with E-state index in [2.05, 4.69) is 5.32 Å². The zero-order chi connectivity index (χ0) is 19.6. The monoisotopic (exact) mass is 373 g/mol. The van der Waals surface area contributed by atoms with E-state index in [1.54, 1.807) is 13.8 Å². The smallest absolute Gasteiger partial charge is 0.410 e.